The van der Waals surface area contributed by atoms with Crippen LogP contribution in [0, 0.1) is 5.92 Å². The quantitative estimate of drug-likeness (QED) is 0.805. The van der Waals surface area contributed by atoms with Crippen molar-refractivity contribution in [2.75, 3.05) is 0 Å². The molecular weight excluding hydrogens is 228 g/mol. The van der Waals surface area contributed by atoms with Crippen LogP contribution in [-0.2, 0) is 4.79 Å². The molecule has 0 aliphatic heterocycles. The maximum absolute atomic E-state index is 11.7. The molecule has 0 saturated carbocycles. The van der Waals surface area contributed by atoms with Crippen LogP contribution in [0.2, 0.25) is 5.02 Å². The van der Waals surface area contributed by atoms with E-state index in [1.54, 1.807) is 31.2 Å². The molecule has 0 aromatic heterocycles. The third kappa shape index (κ3) is 4.03. The standard InChI is InChI=1S/C12H13ClO3/c1-8(6-12(15)16)5-11(14)9-3-2-4-10(13)7-9/h2-4,7-8H,5-6H2,1H3,(H,15,16)/t8-/m1/s1. The molecule has 0 fully saturated rings. The zero-order valence-electron chi connectivity index (χ0n) is 8.94. The molecule has 4 heteroatoms. The lowest BCUT2D eigenvalue weighted by Gasteiger charge is -2.07. The Kier molecular flexibility index (Phi) is 4.50. The number of aliphatic carboxylic acids is 1. The first-order valence-corrected chi connectivity index (χ1v) is 5.37. The summed E-state index contributed by atoms with van der Waals surface area (Å²) in [5.74, 6) is -1.12. The van der Waals surface area contributed by atoms with E-state index in [-0.39, 0.29) is 24.5 Å². The lowest BCUT2D eigenvalue weighted by atomic mass is 9.97. The molecule has 1 N–H and O–H groups in total. The molecule has 1 rings (SSSR count). The number of ketones is 1. The Labute approximate surface area is 99.0 Å². The van der Waals surface area contributed by atoms with Gasteiger partial charge in [-0.05, 0) is 18.1 Å². The van der Waals surface area contributed by atoms with Crippen molar-refractivity contribution in [2.45, 2.75) is 19.8 Å². The smallest absolute Gasteiger partial charge is 0.303 e. The molecule has 0 bridgehead atoms. The van der Waals surface area contributed by atoms with Gasteiger partial charge in [-0.2, -0.15) is 0 Å². The third-order valence-electron chi connectivity index (χ3n) is 2.20. The fourth-order valence-electron chi connectivity index (χ4n) is 1.47. The van der Waals surface area contributed by atoms with E-state index in [0.29, 0.717) is 10.6 Å². The zero-order chi connectivity index (χ0) is 12.1. The van der Waals surface area contributed by atoms with Gasteiger partial charge in [-0.25, -0.2) is 0 Å². The van der Waals surface area contributed by atoms with Crippen LogP contribution in [0.15, 0.2) is 24.3 Å². The molecular formula is C12H13ClO3. The Morgan fingerprint density at radius 3 is 2.62 bits per heavy atom. The summed E-state index contributed by atoms with van der Waals surface area (Å²) in [4.78, 5) is 22.2. The average molecular weight is 241 g/mol. The molecule has 0 spiro atoms. The van der Waals surface area contributed by atoms with Crippen LogP contribution in [0.1, 0.15) is 30.1 Å². The van der Waals surface area contributed by atoms with Crippen LogP contribution in [0.25, 0.3) is 0 Å². The summed E-state index contributed by atoms with van der Waals surface area (Å²) >= 11 is 5.76. The number of benzene rings is 1. The van der Waals surface area contributed by atoms with Gasteiger partial charge in [0.05, 0.1) is 0 Å². The Balaban J connectivity index is 2.62. The number of rotatable bonds is 5. The molecule has 1 aromatic carbocycles. The molecule has 0 saturated heterocycles. The molecule has 0 radical (unpaired) electrons. The van der Waals surface area contributed by atoms with Crippen molar-refractivity contribution in [3.05, 3.63) is 34.9 Å². The van der Waals surface area contributed by atoms with Gasteiger partial charge in [-0.3, -0.25) is 9.59 Å². The third-order valence-corrected chi connectivity index (χ3v) is 2.44. The summed E-state index contributed by atoms with van der Waals surface area (Å²) in [6, 6.07) is 6.68. The van der Waals surface area contributed by atoms with Crippen molar-refractivity contribution in [1.82, 2.24) is 0 Å². The first-order valence-electron chi connectivity index (χ1n) is 4.99. The topological polar surface area (TPSA) is 54.4 Å². The second-order valence-corrected chi connectivity index (χ2v) is 4.28. The predicted molar refractivity (Wildman–Crippen MR) is 61.8 cm³/mol. The summed E-state index contributed by atoms with van der Waals surface area (Å²) in [6.07, 6.45) is 0.235. The molecule has 1 aromatic rings. The van der Waals surface area contributed by atoms with Crippen LogP contribution in [0.4, 0.5) is 0 Å². The first-order chi connectivity index (χ1) is 7.49. The molecule has 1 atom stereocenters. The van der Waals surface area contributed by atoms with Crippen molar-refractivity contribution in [2.24, 2.45) is 5.92 Å². The van der Waals surface area contributed by atoms with E-state index in [2.05, 4.69) is 0 Å². The van der Waals surface area contributed by atoms with Gasteiger partial charge in [0.2, 0.25) is 0 Å². The number of halogens is 1. The Bertz CT molecular complexity index is 401. The average Bonchev–Trinajstić information content (AvgIpc) is 2.16. The summed E-state index contributed by atoms with van der Waals surface area (Å²) in [7, 11) is 0. The van der Waals surface area contributed by atoms with E-state index in [9.17, 15) is 9.59 Å². The van der Waals surface area contributed by atoms with Gasteiger partial charge < -0.3 is 5.11 Å². The van der Waals surface area contributed by atoms with Crippen LogP contribution >= 0.6 is 11.6 Å². The van der Waals surface area contributed by atoms with E-state index in [0.717, 1.165) is 0 Å². The SMILES string of the molecule is C[C@@H](CC(=O)O)CC(=O)c1cccc(Cl)c1. The maximum atomic E-state index is 11.7. The number of carboxylic acids is 1. The molecule has 0 unspecified atom stereocenters. The summed E-state index contributed by atoms with van der Waals surface area (Å²) in [5.41, 5.74) is 0.532. The molecule has 0 heterocycles. The molecule has 0 aliphatic rings. The lowest BCUT2D eigenvalue weighted by Crippen LogP contribution is -2.10. The van der Waals surface area contributed by atoms with E-state index < -0.39 is 5.97 Å². The van der Waals surface area contributed by atoms with Crippen LogP contribution in [0.3, 0.4) is 0 Å². The van der Waals surface area contributed by atoms with Crippen molar-refractivity contribution in [3.63, 3.8) is 0 Å². The monoisotopic (exact) mass is 240 g/mol. The lowest BCUT2D eigenvalue weighted by molar-refractivity contribution is -0.137. The van der Waals surface area contributed by atoms with Gasteiger partial charge in [0.15, 0.2) is 5.78 Å². The van der Waals surface area contributed by atoms with Gasteiger partial charge in [-0.1, -0.05) is 30.7 Å². The fourth-order valence-corrected chi connectivity index (χ4v) is 1.66. The fraction of sp³-hybridized carbons (Fsp3) is 0.333. The zero-order valence-corrected chi connectivity index (χ0v) is 9.70. The number of hydrogen-bond donors (Lipinski definition) is 1. The predicted octanol–water partition coefficient (Wildman–Crippen LogP) is 3.02. The van der Waals surface area contributed by atoms with Crippen molar-refractivity contribution in [3.8, 4) is 0 Å². The van der Waals surface area contributed by atoms with Gasteiger partial charge in [0, 0.05) is 23.4 Å². The van der Waals surface area contributed by atoms with E-state index in [1.165, 1.54) is 0 Å². The van der Waals surface area contributed by atoms with Crippen LogP contribution in [-0.4, -0.2) is 16.9 Å². The number of carbonyl (C=O) groups is 2. The largest absolute Gasteiger partial charge is 0.481 e. The Morgan fingerprint density at radius 2 is 2.06 bits per heavy atom. The van der Waals surface area contributed by atoms with E-state index in [1.807, 2.05) is 0 Å². The second-order valence-electron chi connectivity index (χ2n) is 3.84. The van der Waals surface area contributed by atoms with Crippen molar-refractivity contribution in [1.29, 1.82) is 0 Å². The van der Waals surface area contributed by atoms with Crippen molar-refractivity contribution >= 4 is 23.4 Å². The molecule has 86 valence electrons. The van der Waals surface area contributed by atoms with E-state index in [4.69, 9.17) is 16.7 Å². The number of carbonyl (C=O) groups excluding carboxylic acids is 1. The summed E-state index contributed by atoms with van der Waals surface area (Å²) in [6.45, 7) is 1.75. The molecule has 0 amide bonds. The highest BCUT2D eigenvalue weighted by atomic mass is 35.5. The van der Waals surface area contributed by atoms with E-state index >= 15 is 0 Å². The minimum atomic E-state index is -0.883. The van der Waals surface area contributed by atoms with Gasteiger partial charge in [0.25, 0.3) is 0 Å². The number of carboxylic acid groups (broad SMARTS) is 1. The van der Waals surface area contributed by atoms with Crippen LogP contribution < -0.4 is 0 Å². The Morgan fingerprint density at radius 1 is 1.38 bits per heavy atom. The summed E-state index contributed by atoms with van der Waals surface area (Å²) < 4.78 is 0. The highest BCUT2D eigenvalue weighted by molar-refractivity contribution is 6.31. The number of Topliss-reactive ketones (excluding diaryl/α,β-unsaturated/α-hetero) is 1. The summed E-state index contributed by atoms with van der Waals surface area (Å²) in [5, 5.41) is 9.09. The highest BCUT2D eigenvalue weighted by Crippen LogP contribution is 2.16. The first kappa shape index (κ1) is 12.7. The van der Waals surface area contributed by atoms with Crippen molar-refractivity contribution < 1.29 is 14.7 Å². The molecule has 16 heavy (non-hydrogen) atoms. The maximum Gasteiger partial charge on any atom is 0.303 e. The van der Waals surface area contributed by atoms with Gasteiger partial charge in [-0.15, -0.1) is 0 Å². The molecule has 0 aliphatic carbocycles. The minimum Gasteiger partial charge on any atom is -0.481 e. The Hall–Kier alpha value is -1.35. The normalized spacial score (nSPS) is 12.1. The minimum absolute atomic E-state index is 0.00626. The van der Waals surface area contributed by atoms with Gasteiger partial charge in [0.1, 0.15) is 0 Å². The molecule has 3 nitrogen and oxygen atoms in total. The highest BCUT2D eigenvalue weighted by Gasteiger charge is 2.14. The number of hydrogen-bond acceptors (Lipinski definition) is 2. The van der Waals surface area contributed by atoms with Gasteiger partial charge >= 0.3 is 5.97 Å². The second kappa shape index (κ2) is 5.66. The van der Waals surface area contributed by atoms with Crippen LogP contribution in [0.5, 0.6) is 0 Å².